The summed E-state index contributed by atoms with van der Waals surface area (Å²) in [6.07, 6.45) is 5.34. The van der Waals surface area contributed by atoms with E-state index in [1.165, 1.54) is 24.8 Å². The van der Waals surface area contributed by atoms with Crippen LogP contribution in [0.25, 0.3) is 0 Å². The van der Waals surface area contributed by atoms with Gasteiger partial charge in [0.25, 0.3) is 0 Å². The number of rotatable bonds is 4. The number of piperidine rings is 1. The molecule has 1 fully saturated rings. The molecule has 0 spiro atoms. The number of hydrogen-bond acceptors (Lipinski definition) is 2. The minimum atomic E-state index is -0.323. The maximum absolute atomic E-state index is 10.2. The summed E-state index contributed by atoms with van der Waals surface area (Å²) in [5.41, 5.74) is 2.38. The molecular weight excluding hydrogens is 210 g/mol. The Kier molecular flexibility index (Phi) is 4.57. The Balaban J connectivity index is 1.91. The fourth-order valence-corrected chi connectivity index (χ4v) is 2.51. The number of nitrogens with one attached hydrogen (secondary N) is 1. The van der Waals surface area contributed by atoms with Crippen LogP contribution in [0.1, 0.15) is 49.8 Å². The third kappa shape index (κ3) is 3.55. The summed E-state index contributed by atoms with van der Waals surface area (Å²) < 4.78 is 0. The highest BCUT2D eigenvalue weighted by Gasteiger charge is 2.17. The first-order chi connectivity index (χ1) is 8.29. The van der Waals surface area contributed by atoms with Crippen LogP contribution in [-0.2, 0) is 6.42 Å². The molecule has 1 aromatic rings. The zero-order valence-corrected chi connectivity index (χ0v) is 10.7. The van der Waals surface area contributed by atoms with Crippen LogP contribution in [0.4, 0.5) is 0 Å². The smallest absolute Gasteiger partial charge is 0.0804 e. The predicted octanol–water partition coefficient (Wildman–Crippen LogP) is 2.81. The van der Waals surface area contributed by atoms with Crippen LogP contribution in [0.2, 0.25) is 0 Å². The van der Waals surface area contributed by atoms with E-state index in [4.69, 9.17) is 0 Å². The Morgan fingerprint density at radius 2 is 2.06 bits per heavy atom. The van der Waals surface area contributed by atoms with Crippen LogP contribution in [-0.4, -0.2) is 17.7 Å². The Morgan fingerprint density at radius 1 is 1.29 bits per heavy atom. The number of aliphatic hydroxyl groups excluding tert-OH is 1. The van der Waals surface area contributed by atoms with Gasteiger partial charge < -0.3 is 10.4 Å². The number of hydrogen-bond donors (Lipinski definition) is 2. The monoisotopic (exact) mass is 233 g/mol. The van der Waals surface area contributed by atoms with Gasteiger partial charge in [0, 0.05) is 6.04 Å². The summed E-state index contributed by atoms with van der Waals surface area (Å²) in [5, 5.41) is 13.7. The first-order valence-corrected chi connectivity index (χ1v) is 6.80. The van der Waals surface area contributed by atoms with Gasteiger partial charge in [0.05, 0.1) is 6.10 Å². The highest BCUT2D eigenvalue weighted by Crippen LogP contribution is 2.22. The second-order valence-electron chi connectivity index (χ2n) is 4.99. The van der Waals surface area contributed by atoms with E-state index in [0.717, 1.165) is 24.9 Å². The van der Waals surface area contributed by atoms with Gasteiger partial charge in [0.15, 0.2) is 0 Å². The highest BCUT2D eigenvalue weighted by molar-refractivity contribution is 5.24. The van der Waals surface area contributed by atoms with Crippen molar-refractivity contribution in [3.63, 3.8) is 0 Å². The van der Waals surface area contributed by atoms with E-state index in [2.05, 4.69) is 36.5 Å². The lowest BCUT2D eigenvalue weighted by molar-refractivity contribution is 0.144. The summed E-state index contributed by atoms with van der Waals surface area (Å²) in [4.78, 5) is 0. The highest BCUT2D eigenvalue weighted by atomic mass is 16.3. The van der Waals surface area contributed by atoms with Crippen molar-refractivity contribution < 1.29 is 5.11 Å². The quantitative estimate of drug-likeness (QED) is 0.838. The predicted molar refractivity (Wildman–Crippen MR) is 71.0 cm³/mol. The molecule has 2 unspecified atom stereocenters. The molecule has 2 nitrogen and oxygen atoms in total. The maximum Gasteiger partial charge on any atom is 0.0804 e. The van der Waals surface area contributed by atoms with Crippen LogP contribution < -0.4 is 5.32 Å². The molecule has 1 aliphatic heterocycles. The van der Waals surface area contributed by atoms with Gasteiger partial charge in [-0.05, 0) is 43.4 Å². The molecule has 0 radical (unpaired) electrons. The van der Waals surface area contributed by atoms with Crippen molar-refractivity contribution in [1.29, 1.82) is 0 Å². The van der Waals surface area contributed by atoms with Crippen molar-refractivity contribution >= 4 is 0 Å². The summed E-state index contributed by atoms with van der Waals surface area (Å²) in [6, 6.07) is 8.85. The standard InChI is InChI=1S/C15H23NO/c1-2-12-6-8-13(9-7-12)15(17)11-14-5-3-4-10-16-14/h6-9,14-17H,2-5,10-11H2,1H3. The molecule has 2 N–H and O–H groups in total. The molecule has 1 heterocycles. The number of aliphatic hydroxyl groups is 1. The lowest BCUT2D eigenvalue weighted by Crippen LogP contribution is -2.35. The molecule has 17 heavy (non-hydrogen) atoms. The summed E-state index contributed by atoms with van der Waals surface area (Å²) in [7, 11) is 0. The van der Waals surface area contributed by atoms with E-state index in [9.17, 15) is 5.11 Å². The van der Waals surface area contributed by atoms with Gasteiger partial charge in [-0.25, -0.2) is 0 Å². The second-order valence-corrected chi connectivity index (χ2v) is 4.99. The van der Waals surface area contributed by atoms with Crippen molar-refractivity contribution in [1.82, 2.24) is 5.32 Å². The van der Waals surface area contributed by atoms with Gasteiger partial charge in [0.2, 0.25) is 0 Å². The lowest BCUT2D eigenvalue weighted by atomic mass is 9.95. The molecule has 0 bridgehead atoms. The first kappa shape index (κ1) is 12.6. The van der Waals surface area contributed by atoms with Gasteiger partial charge in [-0.1, -0.05) is 37.6 Å². The number of aryl methyl sites for hydroxylation is 1. The van der Waals surface area contributed by atoms with Gasteiger partial charge in [-0.3, -0.25) is 0 Å². The van der Waals surface area contributed by atoms with Gasteiger partial charge in [-0.15, -0.1) is 0 Å². The van der Waals surface area contributed by atoms with E-state index in [1.54, 1.807) is 0 Å². The van der Waals surface area contributed by atoms with Crippen LogP contribution in [0.15, 0.2) is 24.3 Å². The zero-order valence-electron chi connectivity index (χ0n) is 10.7. The SMILES string of the molecule is CCc1ccc(C(O)CC2CCCCN2)cc1. The Bertz CT molecular complexity index is 327. The molecular formula is C15H23NO. The molecule has 1 saturated heterocycles. The molecule has 2 rings (SSSR count). The minimum absolute atomic E-state index is 0.323. The molecule has 2 atom stereocenters. The molecule has 0 aliphatic carbocycles. The Labute approximate surface area is 104 Å². The van der Waals surface area contributed by atoms with Crippen molar-refractivity contribution in [2.24, 2.45) is 0 Å². The van der Waals surface area contributed by atoms with Crippen molar-refractivity contribution in [2.75, 3.05) is 6.54 Å². The van der Waals surface area contributed by atoms with Gasteiger partial charge in [-0.2, -0.15) is 0 Å². The van der Waals surface area contributed by atoms with Gasteiger partial charge in [0.1, 0.15) is 0 Å². The second kappa shape index (κ2) is 6.18. The fraction of sp³-hybridized carbons (Fsp3) is 0.600. The topological polar surface area (TPSA) is 32.3 Å². The van der Waals surface area contributed by atoms with E-state index >= 15 is 0 Å². The van der Waals surface area contributed by atoms with Crippen LogP contribution in [0.5, 0.6) is 0 Å². The Morgan fingerprint density at radius 3 is 2.65 bits per heavy atom. The number of benzene rings is 1. The molecule has 0 aromatic heterocycles. The molecule has 1 aromatic carbocycles. The van der Waals surface area contributed by atoms with Crippen LogP contribution in [0.3, 0.4) is 0 Å². The fourth-order valence-electron chi connectivity index (χ4n) is 2.51. The van der Waals surface area contributed by atoms with Crippen molar-refractivity contribution in [3.05, 3.63) is 35.4 Å². The van der Waals surface area contributed by atoms with Gasteiger partial charge >= 0.3 is 0 Å². The summed E-state index contributed by atoms with van der Waals surface area (Å²) in [5.74, 6) is 0. The van der Waals surface area contributed by atoms with Crippen LogP contribution in [0, 0.1) is 0 Å². The average molecular weight is 233 g/mol. The van der Waals surface area contributed by atoms with E-state index in [1.807, 2.05) is 0 Å². The largest absolute Gasteiger partial charge is 0.388 e. The Hall–Kier alpha value is -0.860. The van der Waals surface area contributed by atoms with Crippen LogP contribution >= 0.6 is 0 Å². The molecule has 94 valence electrons. The van der Waals surface area contributed by atoms with E-state index in [-0.39, 0.29) is 6.10 Å². The van der Waals surface area contributed by atoms with Crippen molar-refractivity contribution in [3.8, 4) is 0 Å². The van der Waals surface area contributed by atoms with Crippen molar-refractivity contribution in [2.45, 2.75) is 51.2 Å². The van der Waals surface area contributed by atoms with E-state index < -0.39 is 0 Å². The minimum Gasteiger partial charge on any atom is -0.388 e. The normalized spacial score (nSPS) is 22.4. The molecule has 0 saturated carbocycles. The third-order valence-electron chi connectivity index (χ3n) is 3.69. The molecule has 2 heteroatoms. The maximum atomic E-state index is 10.2. The summed E-state index contributed by atoms with van der Waals surface area (Å²) >= 11 is 0. The molecule has 1 aliphatic rings. The summed E-state index contributed by atoms with van der Waals surface area (Å²) in [6.45, 7) is 3.25. The first-order valence-electron chi connectivity index (χ1n) is 6.80. The van der Waals surface area contributed by atoms with E-state index in [0.29, 0.717) is 6.04 Å². The third-order valence-corrected chi connectivity index (χ3v) is 3.69. The zero-order chi connectivity index (χ0) is 12.1. The average Bonchev–Trinajstić information content (AvgIpc) is 2.40. The molecule has 0 amide bonds. The lowest BCUT2D eigenvalue weighted by Gasteiger charge is -2.25.